The van der Waals surface area contributed by atoms with E-state index in [1.54, 1.807) is 31.2 Å². The van der Waals surface area contributed by atoms with Gasteiger partial charge in [0.15, 0.2) is 11.9 Å². The number of nitrogens with one attached hydrogen (secondary N) is 1. The second-order valence-electron chi connectivity index (χ2n) is 6.15. The lowest BCUT2D eigenvalue weighted by Crippen LogP contribution is -2.30. The molecule has 1 aromatic carbocycles. The van der Waals surface area contributed by atoms with E-state index in [2.05, 4.69) is 10.5 Å². The van der Waals surface area contributed by atoms with Gasteiger partial charge in [-0.2, -0.15) is 0 Å². The standard InChI is InChI=1S/C16H18Cl2N2O3/c1-9(22-12-6-5-10(17)7-11(12)18)15(21)19-14-8-13(23-20-14)16(2,3)4/h5-9H,1-4H3,(H,19,20,21)/t9-/m1/s1. The van der Waals surface area contributed by atoms with Crippen molar-refractivity contribution >= 4 is 34.9 Å². The summed E-state index contributed by atoms with van der Waals surface area (Å²) in [6, 6.07) is 6.50. The Morgan fingerprint density at radius 2 is 2.00 bits per heavy atom. The number of aromatic nitrogens is 1. The van der Waals surface area contributed by atoms with Crippen LogP contribution in [-0.2, 0) is 10.2 Å². The Morgan fingerprint density at radius 1 is 1.30 bits per heavy atom. The lowest BCUT2D eigenvalue weighted by Gasteiger charge is -2.15. The van der Waals surface area contributed by atoms with E-state index in [-0.39, 0.29) is 11.3 Å². The molecule has 23 heavy (non-hydrogen) atoms. The molecule has 2 aromatic rings. The summed E-state index contributed by atoms with van der Waals surface area (Å²) in [5.41, 5.74) is -0.186. The number of carbonyl (C=O) groups is 1. The van der Waals surface area contributed by atoms with E-state index in [0.29, 0.717) is 27.4 Å². The van der Waals surface area contributed by atoms with E-state index in [1.807, 2.05) is 20.8 Å². The minimum Gasteiger partial charge on any atom is -0.479 e. The summed E-state index contributed by atoms with van der Waals surface area (Å²) in [4.78, 5) is 12.2. The monoisotopic (exact) mass is 356 g/mol. The minimum atomic E-state index is -0.761. The zero-order valence-electron chi connectivity index (χ0n) is 13.3. The van der Waals surface area contributed by atoms with Crippen LogP contribution in [0.2, 0.25) is 10.0 Å². The topological polar surface area (TPSA) is 64.4 Å². The van der Waals surface area contributed by atoms with Gasteiger partial charge in [0.25, 0.3) is 5.91 Å². The van der Waals surface area contributed by atoms with Crippen LogP contribution in [0.1, 0.15) is 33.5 Å². The van der Waals surface area contributed by atoms with Gasteiger partial charge in [-0.25, -0.2) is 0 Å². The molecule has 0 fully saturated rings. The van der Waals surface area contributed by atoms with Gasteiger partial charge in [0.2, 0.25) is 0 Å². The SMILES string of the molecule is C[C@@H](Oc1ccc(Cl)cc1Cl)C(=O)Nc1cc(C(C)(C)C)on1. The lowest BCUT2D eigenvalue weighted by molar-refractivity contribution is -0.122. The Morgan fingerprint density at radius 3 is 2.57 bits per heavy atom. The van der Waals surface area contributed by atoms with E-state index >= 15 is 0 Å². The van der Waals surface area contributed by atoms with Gasteiger partial charge in [0.1, 0.15) is 11.5 Å². The second kappa shape index (κ2) is 6.81. The summed E-state index contributed by atoms with van der Waals surface area (Å²) >= 11 is 11.8. The maximum atomic E-state index is 12.2. The zero-order valence-corrected chi connectivity index (χ0v) is 14.8. The fourth-order valence-corrected chi connectivity index (χ4v) is 2.18. The van der Waals surface area contributed by atoms with E-state index in [4.69, 9.17) is 32.5 Å². The van der Waals surface area contributed by atoms with Crippen LogP contribution in [0.15, 0.2) is 28.8 Å². The summed E-state index contributed by atoms with van der Waals surface area (Å²) < 4.78 is 10.8. The molecule has 0 aliphatic carbocycles. The molecule has 1 amide bonds. The third-order valence-corrected chi connectivity index (χ3v) is 3.60. The van der Waals surface area contributed by atoms with Gasteiger partial charge in [-0.15, -0.1) is 0 Å². The minimum absolute atomic E-state index is 0.186. The number of hydrogen-bond donors (Lipinski definition) is 1. The van der Waals surface area contributed by atoms with E-state index < -0.39 is 6.10 Å². The molecule has 5 nitrogen and oxygen atoms in total. The summed E-state index contributed by atoms with van der Waals surface area (Å²) in [6.07, 6.45) is -0.761. The molecule has 7 heteroatoms. The Bertz CT molecular complexity index is 708. The first-order valence-corrected chi connectivity index (χ1v) is 7.82. The molecule has 0 bridgehead atoms. The van der Waals surface area contributed by atoms with Crippen LogP contribution in [0.4, 0.5) is 5.82 Å². The van der Waals surface area contributed by atoms with Crippen LogP contribution in [-0.4, -0.2) is 17.2 Å². The number of nitrogens with zero attached hydrogens (tertiary/aromatic N) is 1. The van der Waals surface area contributed by atoms with Crippen molar-refractivity contribution in [1.82, 2.24) is 5.16 Å². The number of anilines is 1. The van der Waals surface area contributed by atoms with Crippen LogP contribution in [0.5, 0.6) is 5.75 Å². The van der Waals surface area contributed by atoms with Crippen molar-refractivity contribution in [2.24, 2.45) is 0 Å². The highest BCUT2D eigenvalue weighted by molar-refractivity contribution is 6.35. The fourth-order valence-electron chi connectivity index (χ4n) is 1.73. The van der Waals surface area contributed by atoms with Crippen molar-refractivity contribution in [3.63, 3.8) is 0 Å². The molecular formula is C16H18Cl2N2O3. The highest BCUT2D eigenvalue weighted by Gasteiger charge is 2.22. The van der Waals surface area contributed by atoms with E-state index in [9.17, 15) is 4.79 Å². The third-order valence-electron chi connectivity index (χ3n) is 3.07. The quantitative estimate of drug-likeness (QED) is 0.863. The number of benzene rings is 1. The zero-order chi connectivity index (χ0) is 17.2. The van der Waals surface area contributed by atoms with E-state index in [1.165, 1.54) is 0 Å². The molecule has 2 rings (SSSR count). The number of halogens is 2. The Hall–Kier alpha value is -1.72. The van der Waals surface area contributed by atoms with Crippen LogP contribution in [0.25, 0.3) is 0 Å². The molecule has 0 unspecified atom stereocenters. The van der Waals surface area contributed by atoms with Crippen LogP contribution < -0.4 is 10.1 Å². The van der Waals surface area contributed by atoms with Gasteiger partial charge in [-0.3, -0.25) is 4.79 Å². The Labute approximate surface area is 144 Å². The predicted octanol–water partition coefficient (Wildman–Crippen LogP) is 4.68. The van der Waals surface area contributed by atoms with Gasteiger partial charge in [0.05, 0.1) is 5.02 Å². The highest BCUT2D eigenvalue weighted by Crippen LogP contribution is 2.28. The third kappa shape index (κ3) is 4.62. The number of amides is 1. The average molecular weight is 357 g/mol. The maximum Gasteiger partial charge on any atom is 0.266 e. The van der Waals surface area contributed by atoms with E-state index in [0.717, 1.165) is 0 Å². The summed E-state index contributed by atoms with van der Waals surface area (Å²) in [7, 11) is 0. The number of carbonyl (C=O) groups excluding carboxylic acids is 1. The normalized spacial score (nSPS) is 12.8. The number of ether oxygens (including phenoxy) is 1. The van der Waals surface area contributed by atoms with Crippen molar-refractivity contribution in [2.75, 3.05) is 5.32 Å². The van der Waals surface area contributed by atoms with Crippen molar-refractivity contribution < 1.29 is 14.1 Å². The van der Waals surface area contributed by atoms with Gasteiger partial charge in [-0.05, 0) is 25.1 Å². The molecule has 0 aliphatic heterocycles. The second-order valence-corrected chi connectivity index (χ2v) is 6.99. The highest BCUT2D eigenvalue weighted by atomic mass is 35.5. The molecule has 0 aliphatic rings. The lowest BCUT2D eigenvalue weighted by atomic mass is 9.93. The summed E-state index contributed by atoms with van der Waals surface area (Å²) in [6.45, 7) is 7.60. The molecule has 1 atom stereocenters. The van der Waals surface area contributed by atoms with Crippen molar-refractivity contribution in [3.05, 3.63) is 40.1 Å². The maximum absolute atomic E-state index is 12.2. The van der Waals surface area contributed by atoms with Crippen LogP contribution in [0.3, 0.4) is 0 Å². The van der Waals surface area contributed by atoms with Crippen LogP contribution in [0, 0.1) is 0 Å². The molecule has 124 valence electrons. The first kappa shape index (κ1) is 17.6. The van der Waals surface area contributed by atoms with Crippen LogP contribution >= 0.6 is 23.2 Å². The molecule has 0 spiro atoms. The molecular weight excluding hydrogens is 339 g/mol. The van der Waals surface area contributed by atoms with Gasteiger partial charge >= 0.3 is 0 Å². The summed E-state index contributed by atoms with van der Waals surface area (Å²) in [5, 5.41) is 7.32. The fraction of sp³-hybridized carbons (Fsp3) is 0.375. The van der Waals surface area contributed by atoms with Crippen molar-refractivity contribution in [3.8, 4) is 5.75 Å². The summed E-state index contributed by atoms with van der Waals surface area (Å²) in [5.74, 6) is 1.05. The Balaban J connectivity index is 2.01. The molecule has 0 radical (unpaired) electrons. The van der Waals surface area contributed by atoms with Gasteiger partial charge in [-0.1, -0.05) is 49.1 Å². The number of rotatable bonds is 4. The van der Waals surface area contributed by atoms with Crippen molar-refractivity contribution in [2.45, 2.75) is 39.2 Å². The molecule has 1 aromatic heterocycles. The largest absolute Gasteiger partial charge is 0.479 e. The number of hydrogen-bond acceptors (Lipinski definition) is 4. The molecule has 0 saturated carbocycles. The molecule has 0 saturated heterocycles. The molecule has 1 N–H and O–H groups in total. The average Bonchev–Trinajstić information content (AvgIpc) is 2.90. The smallest absolute Gasteiger partial charge is 0.266 e. The first-order chi connectivity index (χ1) is 10.7. The van der Waals surface area contributed by atoms with Gasteiger partial charge in [0, 0.05) is 16.5 Å². The first-order valence-electron chi connectivity index (χ1n) is 7.06. The van der Waals surface area contributed by atoms with Crippen molar-refractivity contribution in [1.29, 1.82) is 0 Å². The van der Waals surface area contributed by atoms with Gasteiger partial charge < -0.3 is 14.6 Å². The Kier molecular flexibility index (Phi) is 5.22. The predicted molar refractivity (Wildman–Crippen MR) is 90.4 cm³/mol. The molecule has 1 heterocycles.